The molecule has 4 nitrogen and oxygen atoms in total. The van der Waals surface area contributed by atoms with Crippen LogP contribution in [-0.4, -0.2) is 21.0 Å². The predicted octanol–water partition coefficient (Wildman–Crippen LogP) is 2.32. The highest BCUT2D eigenvalue weighted by Gasteiger charge is 2.42. The first kappa shape index (κ1) is 12.1. The molecule has 0 aliphatic rings. The lowest BCUT2D eigenvalue weighted by Gasteiger charge is -2.11. The van der Waals surface area contributed by atoms with Crippen LogP contribution in [0.15, 0.2) is 42.9 Å². The maximum absolute atomic E-state index is 13.3. The number of pyridine rings is 2. The van der Waals surface area contributed by atoms with Crippen LogP contribution in [0.3, 0.4) is 0 Å². The van der Waals surface area contributed by atoms with Crippen molar-refractivity contribution in [1.29, 1.82) is 0 Å². The average Bonchev–Trinajstić information content (AvgIpc) is 2.40. The van der Waals surface area contributed by atoms with Gasteiger partial charge >= 0.3 is 11.9 Å². The van der Waals surface area contributed by atoms with E-state index in [0.29, 0.717) is 11.1 Å². The molecule has 92 valence electrons. The number of alkyl halides is 2. The second-order valence-electron chi connectivity index (χ2n) is 3.55. The number of aliphatic carboxylic acids is 1. The van der Waals surface area contributed by atoms with Crippen molar-refractivity contribution in [2.24, 2.45) is 0 Å². The molecule has 2 heterocycles. The monoisotopic (exact) mass is 250 g/mol. The molecule has 2 rings (SSSR count). The molecular weight excluding hydrogens is 242 g/mol. The van der Waals surface area contributed by atoms with Crippen LogP contribution >= 0.6 is 0 Å². The molecule has 2 aromatic heterocycles. The van der Waals surface area contributed by atoms with Gasteiger partial charge in [0.2, 0.25) is 0 Å². The Kier molecular flexibility index (Phi) is 3.01. The van der Waals surface area contributed by atoms with Gasteiger partial charge in [-0.2, -0.15) is 8.78 Å². The third-order valence-electron chi connectivity index (χ3n) is 2.35. The smallest absolute Gasteiger partial charge is 0.384 e. The van der Waals surface area contributed by atoms with E-state index >= 15 is 0 Å². The largest absolute Gasteiger partial charge is 0.476 e. The molecule has 0 aromatic carbocycles. The molecule has 0 aliphatic heterocycles. The Bertz CT molecular complexity index is 573. The zero-order chi connectivity index (χ0) is 13.2. The summed E-state index contributed by atoms with van der Waals surface area (Å²) in [7, 11) is 0. The lowest BCUT2D eigenvalue weighted by atomic mass is 10.1. The van der Waals surface area contributed by atoms with E-state index in [1.165, 1.54) is 12.3 Å². The zero-order valence-electron chi connectivity index (χ0n) is 9.05. The second kappa shape index (κ2) is 4.48. The molecule has 6 heteroatoms. The summed E-state index contributed by atoms with van der Waals surface area (Å²) in [5, 5.41) is 8.45. The Morgan fingerprint density at radius 3 is 2.61 bits per heavy atom. The van der Waals surface area contributed by atoms with Crippen molar-refractivity contribution in [3.05, 3.63) is 48.5 Å². The van der Waals surface area contributed by atoms with Crippen LogP contribution in [0.25, 0.3) is 11.1 Å². The van der Waals surface area contributed by atoms with Crippen LogP contribution in [-0.2, 0) is 10.7 Å². The van der Waals surface area contributed by atoms with Gasteiger partial charge < -0.3 is 5.11 Å². The molecule has 0 atom stereocenters. The maximum atomic E-state index is 13.3. The first-order valence-corrected chi connectivity index (χ1v) is 5.00. The van der Waals surface area contributed by atoms with Crippen LogP contribution in [0.4, 0.5) is 8.78 Å². The molecule has 0 aliphatic carbocycles. The molecule has 2 aromatic rings. The van der Waals surface area contributed by atoms with Crippen molar-refractivity contribution in [3.8, 4) is 11.1 Å². The number of hydrogen-bond donors (Lipinski definition) is 1. The van der Waals surface area contributed by atoms with Gasteiger partial charge in [0, 0.05) is 24.2 Å². The van der Waals surface area contributed by atoms with E-state index in [4.69, 9.17) is 5.11 Å². The Balaban J connectivity index is 2.46. The summed E-state index contributed by atoms with van der Waals surface area (Å²) in [4.78, 5) is 17.7. The highest BCUT2D eigenvalue weighted by molar-refractivity contribution is 5.77. The molecule has 0 unspecified atom stereocenters. The number of hydrogen-bond acceptors (Lipinski definition) is 3. The van der Waals surface area contributed by atoms with Gasteiger partial charge in [-0.3, -0.25) is 9.97 Å². The first-order chi connectivity index (χ1) is 8.51. The summed E-state index contributed by atoms with van der Waals surface area (Å²) in [5.74, 6) is -6.23. The fourth-order valence-electron chi connectivity index (χ4n) is 1.42. The van der Waals surface area contributed by atoms with Gasteiger partial charge in [-0.05, 0) is 23.8 Å². The van der Waals surface area contributed by atoms with E-state index in [9.17, 15) is 13.6 Å². The van der Waals surface area contributed by atoms with E-state index in [2.05, 4.69) is 9.97 Å². The molecule has 0 fully saturated rings. The van der Waals surface area contributed by atoms with Crippen LogP contribution in [0, 0.1) is 0 Å². The van der Waals surface area contributed by atoms with Crippen molar-refractivity contribution in [2.75, 3.05) is 0 Å². The maximum Gasteiger partial charge on any atom is 0.384 e. The summed E-state index contributed by atoms with van der Waals surface area (Å²) >= 11 is 0. The minimum Gasteiger partial charge on any atom is -0.476 e. The van der Waals surface area contributed by atoms with Crippen LogP contribution in [0.1, 0.15) is 5.69 Å². The number of halogens is 2. The highest BCUT2D eigenvalue weighted by atomic mass is 19.3. The number of carboxylic acid groups (broad SMARTS) is 1. The van der Waals surface area contributed by atoms with Gasteiger partial charge in [-0.15, -0.1) is 0 Å². The molecule has 1 N–H and O–H groups in total. The number of carboxylic acids is 1. The predicted molar refractivity (Wildman–Crippen MR) is 59.0 cm³/mol. The highest BCUT2D eigenvalue weighted by Crippen LogP contribution is 2.29. The molecule has 0 bridgehead atoms. The minimum absolute atomic E-state index is 0.439. The number of nitrogens with zero attached hydrogens (tertiary/aromatic N) is 2. The molecule has 0 radical (unpaired) electrons. The average molecular weight is 250 g/mol. The molecule has 0 amide bonds. The fraction of sp³-hybridized carbons (Fsp3) is 0.0833. The molecular formula is C12H8F2N2O2. The van der Waals surface area contributed by atoms with E-state index < -0.39 is 17.6 Å². The van der Waals surface area contributed by atoms with Crippen molar-refractivity contribution in [1.82, 2.24) is 9.97 Å². The molecule has 18 heavy (non-hydrogen) atoms. The Morgan fingerprint density at radius 2 is 2.00 bits per heavy atom. The number of rotatable bonds is 3. The van der Waals surface area contributed by atoms with Gasteiger partial charge in [0.1, 0.15) is 5.69 Å². The summed E-state index contributed by atoms with van der Waals surface area (Å²) in [6.45, 7) is 0. The van der Waals surface area contributed by atoms with E-state index in [1.54, 1.807) is 18.3 Å². The van der Waals surface area contributed by atoms with Crippen molar-refractivity contribution in [2.45, 2.75) is 5.92 Å². The third-order valence-corrected chi connectivity index (χ3v) is 2.35. The topological polar surface area (TPSA) is 63.1 Å². The standard InChI is InChI=1S/C12H8F2N2O2/c13-12(14,11(17)18)10-6-8(3-5-16-10)9-2-1-4-15-7-9/h1-7H,(H,17,18). The van der Waals surface area contributed by atoms with E-state index in [0.717, 1.165) is 12.3 Å². The van der Waals surface area contributed by atoms with Crippen molar-refractivity contribution in [3.63, 3.8) is 0 Å². The van der Waals surface area contributed by atoms with Gasteiger partial charge in [-0.1, -0.05) is 6.07 Å². The lowest BCUT2D eigenvalue weighted by molar-refractivity contribution is -0.166. The number of aromatic nitrogens is 2. The Hall–Kier alpha value is -2.37. The second-order valence-corrected chi connectivity index (χ2v) is 3.55. The van der Waals surface area contributed by atoms with Crippen LogP contribution < -0.4 is 0 Å². The summed E-state index contributed by atoms with van der Waals surface area (Å²) in [6.07, 6.45) is 4.20. The SMILES string of the molecule is O=C(O)C(F)(F)c1cc(-c2cccnc2)ccn1. The Labute approximate surface area is 101 Å². The zero-order valence-corrected chi connectivity index (χ0v) is 9.05. The van der Waals surface area contributed by atoms with Crippen LogP contribution in [0.5, 0.6) is 0 Å². The lowest BCUT2D eigenvalue weighted by Crippen LogP contribution is -2.26. The molecule has 0 spiro atoms. The quantitative estimate of drug-likeness (QED) is 0.907. The summed E-state index contributed by atoms with van der Waals surface area (Å²) in [5.41, 5.74) is 0.257. The molecule has 0 saturated carbocycles. The van der Waals surface area contributed by atoms with Gasteiger partial charge in [0.05, 0.1) is 0 Å². The summed E-state index contributed by atoms with van der Waals surface area (Å²) < 4.78 is 26.6. The van der Waals surface area contributed by atoms with Gasteiger partial charge in [0.25, 0.3) is 0 Å². The van der Waals surface area contributed by atoms with E-state index in [1.807, 2.05) is 0 Å². The molecule has 0 saturated heterocycles. The van der Waals surface area contributed by atoms with Gasteiger partial charge in [0.15, 0.2) is 0 Å². The normalized spacial score (nSPS) is 11.2. The van der Waals surface area contributed by atoms with Gasteiger partial charge in [-0.25, -0.2) is 4.79 Å². The van der Waals surface area contributed by atoms with E-state index in [-0.39, 0.29) is 0 Å². The van der Waals surface area contributed by atoms with Crippen molar-refractivity contribution >= 4 is 5.97 Å². The number of carbonyl (C=O) groups is 1. The summed E-state index contributed by atoms with van der Waals surface area (Å²) in [6, 6.07) is 5.90. The third kappa shape index (κ3) is 2.17. The van der Waals surface area contributed by atoms with Crippen LogP contribution in [0.2, 0.25) is 0 Å². The fourth-order valence-corrected chi connectivity index (χ4v) is 1.42. The Morgan fingerprint density at radius 1 is 1.22 bits per heavy atom. The first-order valence-electron chi connectivity index (χ1n) is 5.00. The minimum atomic E-state index is -4.00. The van der Waals surface area contributed by atoms with Crippen molar-refractivity contribution < 1.29 is 18.7 Å².